The van der Waals surface area contributed by atoms with E-state index in [0.717, 1.165) is 22.2 Å². The second kappa shape index (κ2) is 5.02. The molecule has 0 aliphatic heterocycles. The first-order chi connectivity index (χ1) is 9.65. The third-order valence-corrected chi connectivity index (χ3v) is 3.34. The van der Waals surface area contributed by atoms with Crippen molar-refractivity contribution in [1.29, 1.82) is 0 Å². The lowest BCUT2D eigenvalue weighted by molar-refractivity contribution is -0.115. The van der Waals surface area contributed by atoms with Crippen LogP contribution in [0.1, 0.15) is 6.92 Å². The molecule has 3 nitrogen and oxygen atoms in total. The van der Waals surface area contributed by atoms with E-state index in [9.17, 15) is 4.79 Å². The van der Waals surface area contributed by atoms with Crippen LogP contribution in [0.15, 0.2) is 54.6 Å². The highest BCUT2D eigenvalue weighted by atomic mass is 35.5. The largest absolute Gasteiger partial charge is 0.274 e. The van der Waals surface area contributed by atoms with E-state index in [-0.39, 0.29) is 5.91 Å². The van der Waals surface area contributed by atoms with Gasteiger partial charge in [0.2, 0.25) is 5.91 Å². The molecule has 1 amide bonds. The summed E-state index contributed by atoms with van der Waals surface area (Å²) in [4.78, 5) is 11.4. The van der Waals surface area contributed by atoms with Crippen LogP contribution in [0.25, 0.3) is 22.2 Å². The second-order valence-electron chi connectivity index (χ2n) is 4.60. The van der Waals surface area contributed by atoms with Crippen LogP contribution < -0.4 is 5.43 Å². The Labute approximate surface area is 121 Å². The smallest absolute Gasteiger partial charge is 0.235 e. The Bertz CT molecular complexity index is 778. The van der Waals surface area contributed by atoms with Crippen LogP contribution in [0.5, 0.6) is 0 Å². The van der Waals surface area contributed by atoms with Gasteiger partial charge in [-0.05, 0) is 24.3 Å². The Morgan fingerprint density at radius 2 is 1.85 bits per heavy atom. The molecule has 0 unspecified atom stereocenters. The van der Waals surface area contributed by atoms with Crippen LogP contribution in [-0.2, 0) is 4.79 Å². The number of hydrogen-bond acceptors (Lipinski definition) is 1. The van der Waals surface area contributed by atoms with Crippen molar-refractivity contribution in [2.24, 2.45) is 0 Å². The molecular formula is C16H13ClN2O. The molecular weight excluding hydrogens is 272 g/mol. The van der Waals surface area contributed by atoms with Gasteiger partial charge in [0.15, 0.2) is 0 Å². The Morgan fingerprint density at radius 3 is 2.55 bits per heavy atom. The molecule has 3 aromatic rings. The van der Waals surface area contributed by atoms with Gasteiger partial charge < -0.3 is 0 Å². The zero-order valence-corrected chi connectivity index (χ0v) is 11.7. The van der Waals surface area contributed by atoms with Crippen molar-refractivity contribution in [3.05, 3.63) is 59.6 Å². The fourth-order valence-corrected chi connectivity index (χ4v) is 2.47. The molecule has 0 saturated carbocycles. The molecule has 0 saturated heterocycles. The molecule has 0 bridgehead atoms. The number of nitrogens with zero attached hydrogens (tertiary/aromatic N) is 1. The van der Waals surface area contributed by atoms with E-state index in [1.165, 1.54) is 6.92 Å². The number of nitrogens with one attached hydrogen (secondary N) is 1. The van der Waals surface area contributed by atoms with Gasteiger partial charge in [0.05, 0.1) is 11.2 Å². The van der Waals surface area contributed by atoms with E-state index in [4.69, 9.17) is 11.6 Å². The van der Waals surface area contributed by atoms with Gasteiger partial charge in [-0.15, -0.1) is 0 Å². The van der Waals surface area contributed by atoms with Gasteiger partial charge in [-0.2, -0.15) is 0 Å². The van der Waals surface area contributed by atoms with Crippen LogP contribution in [0.3, 0.4) is 0 Å². The van der Waals surface area contributed by atoms with E-state index in [0.29, 0.717) is 5.02 Å². The minimum absolute atomic E-state index is 0.116. The first kappa shape index (κ1) is 12.8. The highest BCUT2D eigenvalue weighted by molar-refractivity contribution is 6.31. The molecule has 0 fully saturated rings. The summed E-state index contributed by atoms with van der Waals surface area (Å²) in [6, 6.07) is 17.6. The topological polar surface area (TPSA) is 34.0 Å². The minimum atomic E-state index is -0.116. The molecule has 0 spiro atoms. The van der Waals surface area contributed by atoms with Crippen molar-refractivity contribution in [3.8, 4) is 11.3 Å². The summed E-state index contributed by atoms with van der Waals surface area (Å²) in [6.07, 6.45) is 0. The average molecular weight is 285 g/mol. The van der Waals surface area contributed by atoms with Crippen LogP contribution in [-0.4, -0.2) is 10.6 Å². The second-order valence-corrected chi connectivity index (χ2v) is 5.04. The fraction of sp³-hybridized carbons (Fsp3) is 0.0625. The Kier molecular flexibility index (Phi) is 3.20. The zero-order valence-electron chi connectivity index (χ0n) is 10.9. The SMILES string of the molecule is CC(=O)Nn1c(-c2ccccc2)cc2cc(Cl)ccc21. The number of amides is 1. The molecule has 0 atom stereocenters. The van der Waals surface area contributed by atoms with Gasteiger partial charge in [0.25, 0.3) is 0 Å². The summed E-state index contributed by atoms with van der Waals surface area (Å²) in [5, 5.41) is 1.67. The number of fused-ring (bicyclic) bond motifs is 1. The molecule has 20 heavy (non-hydrogen) atoms. The van der Waals surface area contributed by atoms with Gasteiger partial charge in [-0.3, -0.25) is 14.9 Å². The first-order valence-corrected chi connectivity index (χ1v) is 6.67. The Hall–Kier alpha value is -2.26. The van der Waals surface area contributed by atoms with Crippen LogP contribution >= 0.6 is 11.6 Å². The van der Waals surface area contributed by atoms with Crippen molar-refractivity contribution in [2.75, 3.05) is 5.43 Å². The molecule has 2 aromatic carbocycles. The summed E-state index contributed by atoms with van der Waals surface area (Å²) < 4.78 is 1.79. The number of halogens is 1. The van der Waals surface area contributed by atoms with Crippen molar-refractivity contribution < 1.29 is 4.79 Å². The van der Waals surface area contributed by atoms with Crippen molar-refractivity contribution in [3.63, 3.8) is 0 Å². The zero-order chi connectivity index (χ0) is 14.1. The van der Waals surface area contributed by atoms with Gasteiger partial charge in [0, 0.05) is 22.9 Å². The monoisotopic (exact) mass is 284 g/mol. The maximum absolute atomic E-state index is 11.4. The molecule has 0 aliphatic rings. The molecule has 0 aliphatic carbocycles. The average Bonchev–Trinajstić information content (AvgIpc) is 2.77. The van der Waals surface area contributed by atoms with Crippen LogP contribution in [0.4, 0.5) is 0 Å². The minimum Gasteiger partial charge on any atom is -0.274 e. The van der Waals surface area contributed by atoms with E-state index in [2.05, 4.69) is 5.43 Å². The molecule has 1 aromatic heterocycles. The highest BCUT2D eigenvalue weighted by Crippen LogP contribution is 2.28. The van der Waals surface area contributed by atoms with Gasteiger partial charge in [-0.1, -0.05) is 41.9 Å². The predicted molar refractivity (Wildman–Crippen MR) is 82.4 cm³/mol. The van der Waals surface area contributed by atoms with Crippen LogP contribution in [0, 0.1) is 0 Å². The van der Waals surface area contributed by atoms with Gasteiger partial charge in [-0.25, -0.2) is 0 Å². The lowest BCUT2D eigenvalue weighted by atomic mass is 10.1. The third kappa shape index (κ3) is 2.28. The molecule has 1 heterocycles. The third-order valence-electron chi connectivity index (χ3n) is 3.10. The van der Waals surface area contributed by atoms with E-state index in [1.54, 1.807) is 4.68 Å². The molecule has 100 valence electrons. The Balaban J connectivity index is 2.27. The quantitative estimate of drug-likeness (QED) is 0.757. The van der Waals surface area contributed by atoms with Crippen molar-refractivity contribution in [2.45, 2.75) is 6.92 Å². The van der Waals surface area contributed by atoms with Crippen molar-refractivity contribution >= 4 is 28.4 Å². The predicted octanol–water partition coefficient (Wildman–Crippen LogP) is 4.05. The van der Waals surface area contributed by atoms with Crippen LogP contribution in [0.2, 0.25) is 5.02 Å². The maximum atomic E-state index is 11.4. The molecule has 1 N–H and O–H groups in total. The number of aromatic nitrogens is 1. The Morgan fingerprint density at radius 1 is 1.10 bits per heavy atom. The number of hydrogen-bond donors (Lipinski definition) is 1. The van der Waals surface area contributed by atoms with Gasteiger partial charge >= 0.3 is 0 Å². The summed E-state index contributed by atoms with van der Waals surface area (Å²) >= 11 is 6.04. The van der Waals surface area contributed by atoms with Gasteiger partial charge in [0.1, 0.15) is 0 Å². The summed E-state index contributed by atoms with van der Waals surface area (Å²) in [5.74, 6) is -0.116. The van der Waals surface area contributed by atoms with Crippen molar-refractivity contribution in [1.82, 2.24) is 4.68 Å². The fourth-order valence-electron chi connectivity index (χ4n) is 2.29. The summed E-state index contributed by atoms with van der Waals surface area (Å²) in [6.45, 7) is 1.50. The molecule has 4 heteroatoms. The first-order valence-electron chi connectivity index (χ1n) is 6.29. The number of rotatable bonds is 2. The summed E-state index contributed by atoms with van der Waals surface area (Å²) in [7, 11) is 0. The van der Waals surface area contributed by atoms with E-state index in [1.807, 2.05) is 54.6 Å². The number of carbonyl (C=O) groups excluding carboxylic acids is 1. The molecule has 0 radical (unpaired) electrons. The number of benzene rings is 2. The van der Waals surface area contributed by atoms with E-state index < -0.39 is 0 Å². The summed E-state index contributed by atoms with van der Waals surface area (Å²) in [5.41, 5.74) is 5.73. The lowest BCUT2D eigenvalue weighted by Crippen LogP contribution is -2.20. The lowest BCUT2D eigenvalue weighted by Gasteiger charge is -2.10. The highest BCUT2D eigenvalue weighted by Gasteiger charge is 2.11. The normalized spacial score (nSPS) is 10.7. The standard InChI is InChI=1S/C16H13ClN2O/c1-11(20)18-19-15-8-7-14(17)9-13(15)10-16(19)12-5-3-2-4-6-12/h2-10H,1H3,(H,18,20). The maximum Gasteiger partial charge on any atom is 0.235 e. The van der Waals surface area contributed by atoms with E-state index >= 15 is 0 Å². The number of carbonyl (C=O) groups is 1. The molecule has 3 rings (SSSR count).